The highest BCUT2D eigenvalue weighted by molar-refractivity contribution is 7.98. The van der Waals surface area contributed by atoms with E-state index >= 15 is 0 Å². The first-order valence-corrected chi connectivity index (χ1v) is 10.6. The van der Waals surface area contributed by atoms with Crippen LogP contribution in [0.1, 0.15) is 30.8 Å². The average molecular weight is 398 g/mol. The SMILES string of the molecule is CSc1ccc(-c2noc(COc3cc(C)nc(N4CCCCC4)n3)n2)cc1. The van der Waals surface area contributed by atoms with Crippen LogP contribution in [0.15, 0.2) is 39.8 Å². The van der Waals surface area contributed by atoms with Crippen LogP contribution in [0.25, 0.3) is 11.4 Å². The fourth-order valence-corrected chi connectivity index (χ4v) is 3.55. The van der Waals surface area contributed by atoms with Crippen molar-refractivity contribution < 1.29 is 9.26 Å². The topological polar surface area (TPSA) is 77.2 Å². The third-order valence-corrected chi connectivity index (χ3v) is 5.36. The normalized spacial score (nSPS) is 14.3. The molecule has 146 valence electrons. The summed E-state index contributed by atoms with van der Waals surface area (Å²) in [6, 6.07) is 9.88. The first-order valence-electron chi connectivity index (χ1n) is 9.42. The number of hydrogen-bond acceptors (Lipinski definition) is 8. The van der Waals surface area contributed by atoms with E-state index in [-0.39, 0.29) is 6.61 Å². The molecule has 1 aromatic carbocycles. The van der Waals surface area contributed by atoms with E-state index in [2.05, 4.69) is 25.0 Å². The standard InChI is InChI=1S/C20H23N5O2S/c1-14-12-17(23-20(21-14)25-10-4-3-5-11-25)26-13-18-22-19(24-27-18)15-6-8-16(28-2)9-7-15/h6-9,12H,3-5,10-11,13H2,1-2H3. The van der Waals surface area contributed by atoms with E-state index in [9.17, 15) is 0 Å². The van der Waals surface area contributed by atoms with Crippen LogP contribution >= 0.6 is 11.8 Å². The molecule has 1 aliphatic rings. The first-order chi connectivity index (χ1) is 13.7. The second-order valence-corrected chi connectivity index (χ2v) is 7.60. The minimum Gasteiger partial charge on any atom is -0.467 e. The Bertz CT molecular complexity index is 923. The quantitative estimate of drug-likeness (QED) is 0.575. The zero-order chi connectivity index (χ0) is 19.3. The molecule has 1 saturated heterocycles. The van der Waals surface area contributed by atoms with Gasteiger partial charge in [-0.2, -0.15) is 9.97 Å². The molecule has 1 aliphatic heterocycles. The summed E-state index contributed by atoms with van der Waals surface area (Å²) in [4.78, 5) is 16.9. The predicted molar refractivity (Wildman–Crippen MR) is 109 cm³/mol. The van der Waals surface area contributed by atoms with Crippen molar-refractivity contribution in [2.75, 3.05) is 24.2 Å². The number of ether oxygens (including phenoxy) is 1. The summed E-state index contributed by atoms with van der Waals surface area (Å²) in [5.74, 6) is 2.23. The number of nitrogens with zero attached hydrogens (tertiary/aromatic N) is 5. The molecule has 0 radical (unpaired) electrons. The van der Waals surface area contributed by atoms with E-state index in [1.54, 1.807) is 11.8 Å². The Hall–Kier alpha value is -2.61. The Balaban J connectivity index is 1.43. The van der Waals surface area contributed by atoms with Gasteiger partial charge in [-0.1, -0.05) is 5.16 Å². The van der Waals surface area contributed by atoms with Crippen molar-refractivity contribution in [3.05, 3.63) is 41.9 Å². The number of aryl methyl sites for hydroxylation is 1. The zero-order valence-corrected chi connectivity index (χ0v) is 16.9. The van der Waals surface area contributed by atoms with E-state index in [0.29, 0.717) is 17.6 Å². The third kappa shape index (κ3) is 4.44. The molecule has 1 fully saturated rings. The lowest BCUT2D eigenvalue weighted by molar-refractivity contribution is 0.235. The Morgan fingerprint density at radius 1 is 1.07 bits per heavy atom. The minimum absolute atomic E-state index is 0.172. The molecule has 0 saturated carbocycles. The molecule has 4 rings (SSSR count). The molecule has 0 N–H and O–H groups in total. The van der Waals surface area contributed by atoms with Gasteiger partial charge in [-0.3, -0.25) is 0 Å². The Kier molecular flexibility index (Phi) is 5.76. The lowest BCUT2D eigenvalue weighted by Gasteiger charge is -2.26. The van der Waals surface area contributed by atoms with Crippen molar-refractivity contribution in [1.82, 2.24) is 20.1 Å². The van der Waals surface area contributed by atoms with Gasteiger partial charge in [-0.25, -0.2) is 4.98 Å². The molecule has 0 aliphatic carbocycles. The molecule has 3 aromatic rings. The summed E-state index contributed by atoms with van der Waals surface area (Å²) < 4.78 is 11.1. The van der Waals surface area contributed by atoms with Crippen molar-refractivity contribution in [3.8, 4) is 17.3 Å². The molecule has 28 heavy (non-hydrogen) atoms. The van der Waals surface area contributed by atoms with Crippen molar-refractivity contribution in [2.24, 2.45) is 0 Å². The molecule has 0 spiro atoms. The minimum atomic E-state index is 0.172. The predicted octanol–water partition coefficient (Wildman–Crippen LogP) is 4.13. The van der Waals surface area contributed by atoms with Crippen LogP contribution in [0.5, 0.6) is 5.88 Å². The number of anilines is 1. The van der Waals surface area contributed by atoms with Crippen molar-refractivity contribution in [3.63, 3.8) is 0 Å². The van der Waals surface area contributed by atoms with Crippen molar-refractivity contribution >= 4 is 17.7 Å². The van der Waals surface area contributed by atoms with Crippen molar-refractivity contribution in [1.29, 1.82) is 0 Å². The number of hydrogen-bond donors (Lipinski definition) is 0. The molecule has 0 atom stereocenters. The van der Waals surface area contributed by atoms with Gasteiger partial charge in [0.25, 0.3) is 5.89 Å². The summed E-state index contributed by atoms with van der Waals surface area (Å²) in [5.41, 5.74) is 1.80. The number of thioether (sulfide) groups is 1. The molecule has 0 unspecified atom stereocenters. The van der Waals surface area contributed by atoms with Crippen molar-refractivity contribution in [2.45, 2.75) is 37.7 Å². The third-order valence-electron chi connectivity index (χ3n) is 4.62. The van der Waals surface area contributed by atoms with Gasteiger partial charge >= 0.3 is 0 Å². The van der Waals surface area contributed by atoms with Crippen LogP contribution in [-0.2, 0) is 6.61 Å². The average Bonchev–Trinajstić information content (AvgIpc) is 3.22. The Morgan fingerprint density at radius 3 is 2.61 bits per heavy atom. The van der Waals surface area contributed by atoms with E-state index in [1.807, 2.05) is 43.5 Å². The number of aromatic nitrogens is 4. The van der Waals surface area contributed by atoms with Gasteiger partial charge in [0.05, 0.1) is 0 Å². The molecular formula is C20H23N5O2S. The van der Waals surface area contributed by atoms with Gasteiger partial charge in [-0.05, 0) is 56.7 Å². The lowest BCUT2D eigenvalue weighted by atomic mass is 10.1. The molecule has 3 heterocycles. The highest BCUT2D eigenvalue weighted by Gasteiger charge is 2.16. The van der Waals surface area contributed by atoms with Gasteiger partial charge in [0.1, 0.15) is 0 Å². The molecule has 0 bridgehead atoms. The summed E-state index contributed by atoms with van der Waals surface area (Å²) in [6.07, 6.45) is 5.67. The first kappa shape index (κ1) is 18.7. The molecule has 2 aromatic heterocycles. The zero-order valence-electron chi connectivity index (χ0n) is 16.1. The summed E-state index contributed by atoms with van der Waals surface area (Å²) >= 11 is 1.70. The summed E-state index contributed by atoms with van der Waals surface area (Å²) in [5, 5.41) is 4.05. The molecule has 7 nitrogen and oxygen atoms in total. The number of rotatable bonds is 6. The molecular weight excluding hydrogens is 374 g/mol. The second-order valence-electron chi connectivity index (χ2n) is 6.72. The number of piperidine rings is 1. The van der Waals surface area contributed by atoms with Crippen LogP contribution in [0, 0.1) is 6.92 Å². The van der Waals surface area contributed by atoms with Gasteiger partial charge in [0, 0.05) is 35.3 Å². The van der Waals surface area contributed by atoms with E-state index in [0.717, 1.165) is 30.3 Å². The smallest absolute Gasteiger partial charge is 0.264 e. The van der Waals surface area contributed by atoms with E-state index < -0.39 is 0 Å². The highest BCUT2D eigenvalue weighted by atomic mass is 32.2. The highest BCUT2D eigenvalue weighted by Crippen LogP contribution is 2.22. The maximum absolute atomic E-state index is 5.81. The fraction of sp³-hybridized carbons (Fsp3) is 0.400. The van der Waals surface area contributed by atoms with Crippen LogP contribution in [0.2, 0.25) is 0 Å². The van der Waals surface area contributed by atoms with Gasteiger partial charge < -0.3 is 14.2 Å². The van der Waals surface area contributed by atoms with Gasteiger partial charge in [-0.15, -0.1) is 11.8 Å². The number of benzene rings is 1. The lowest BCUT2D eigenvalue weighted by Crippen LogP contribution is -2.31. The second kappa shape index (κ2) is 8.60. The van der Waals surface area contributed by atoms with Crippen LogP contribution in [0.3, 0.4) is 0 Å². The monoisotopic (exact) mass is 397 g/mol. The fourth-order valence-electron chi connectivity index (χ4n) is 3.14. The van der Waals surface area contributed by atoms with Gasteiger partial charge in [0.15, 0.2) is 6.61 Å². The van der Waals surface area contributed by atoms with E-state index in [1.165, 1.54) is 24.2 Å². The van der Waals surface area contributed by atoms with Crippen LogP contribution in [0.4, 0.5) is 5.95 Å². The molecule has 8 heteroatoms. The largest absolute Gasteiger partial charge is 0.467 e. The summed E-state index contributed by atoms with van der Waals surface area (Å²) in [7, 11) is 0. The maximum Gasteiger partial charge on any atom is 0.264 e. The molecule has 0 amide bonds. The van der Waals surface area contributed by atoms with Crippen LogP contribution in [-0.4, -0.2) is 39.5 Å². The van der Waals surface area contributed by atoms with Gasteiger partial charge in [0.2, 0.25) is 17.7 Å². The Labute approximate surface area is 168 Å². The van der Waals surface area contributed by atoms with E-state index in [4.69, 9.17) is 9.26 Å². The van der Waals surface area contributed by atoms with Crippen LogP contribution < -0.4 is 9.64 Å². The Morgan fingerprint density at radius 2 is 1.86 bits per heavy atom. The summed E-state index contributed by atoms with van der Waals surface area (Å²) in [6.45, 7) is 4.10. The maximum atomic E-state index is 5.81.